The topological polar surface area (TPSA) is 38.3 Å². The van der Waals surface area contributed by atoms with Crippen molar-refractivity contribution in [1.82, 2.24) is 5.32 Å². The summed E-state index contributed by atoms with van der Waals surface area (Å²) in [5.41, 5.74) is 0. The summed E-state index contributed by atoms with van der Waals surface area (Å²) in [6.07, 6.45) is 5.00. The van der Waals surface area contributed by atoms with Gasteiger partial charge in [0.05, 0.1) is 7.11 Å². The first-order valence-electron chi connectivity index (χ1n) is 5.13. The lowest BCUT2D eigenvalue weighted by atomic mass is 10.1. The van der Waals surface area contributed by atoms with E-state index in [0.717, 1.165) is 19.3 Å². The largest absolute Gasteiger partial charge is 0.468 e. The van der Waals surface area contributed by atoms with Crippen LogP contribution < -0.4 is 5.32 Å². The van der Waals surface area contributed by atoms with Gasteiger partial charge in [-0.05, 0) is 32.1 Å². The van der Waals surface area contributed by atoms with Crippen molar-refractivity contribution in [3.05, 3.63) is 12.7 Å². The van der Waals surface area contributed by atoms with E-state index in [1.54, 1.807) is 0 Å². The molecule has 0 radical (unpaired) electrons. The monoisotopic (exact) mass is 197 g/mol. The van der Waals surface area contributed by atoms with Gasteiger partial charge in [0, 0.05) is 6.04 Å². The molecule has 1 rings (SSSR count). The Morgan fingerprint density at radius 1 is 1.71 bits per heavy atom. The Kier molecular flexibility index (Phi) is 4.14. The highest BCUT2D eigenvalue weighted by Crippen LogP contribution is 2.33. The predicted octanol–water partition coefficient (Wildman–Crippen LogP) is 1.49. The van der Waals surface area contributed by atoms with Gasteiger partial charge < -0.3 is 10.1 Å². The molecular weight excluding hydrogens is 178 g/mol. The number of ether oxygens (including phenoxy) is 1. The molecule has 0 aromatic carbocycles. The second kappa shape index (κ2) is 5.15. The highest BCUT2D eigenvalue weighted by molar-refractivity contribution is 5.76. The van der Waals surface area contributed by atoms with Crippen molar-refractivity contribution in [1.29, 1.82) is 0 Å². The second-order valence-corrected chi connectivity index (χ2v) is 3.93. The molecule has 80 valence electrons. The van der Waals surface area contributed by atoms with Gasteiger partial charge >= 0.3 is 5.97 Å². The van der Waals surface area contributed by atoms with Crippen molar-refractivity contribution in [2.75, 3.05) is 7.11 Å². The van der Waals surface area contributed by atoms with Crippen molar-refractivity contribution >= 4 is 5.97 Å². The lowest BCUT2D eigenvalue weighted by Crippen LogP contribution is -2.44. The Balaban J connectivity index is 2.42. The standard InChI is InChI=1S/C11H19NO2/c1-4-5-8(2)12-10(9-6-7-9)11(13)14-3/h4,8-10,12H,1,5-7H2,2-3H3. The summed E-state index contributed by atoms with van der Waals surface area (Å²) in [4.78, 5) is 11.4. The number of carbonyl (C=O) groups is 1. The first kappa shape index (κ1) is 11.2. The van der Waals surface area contributed by atoms with Crippen LogP contribution in [-0.2, 0) is 9.53 Å². The summed E-state index contributed by atoms with van der Waals surface area (Å²) in [6, 6.07) is 0.173. The van der Waals surface area contributed by atoms with Gasteiger partial charge in [0.25, 0.3) is 0 Å². The molecule has 1 aliphatic rings. The molecule has 2 unspecified atom stereocenters. The molecule has 0 aromatic heterocycles. The maximum absolute atomic E-state index is 11.4. The molecule has 0 bridgehead atoms. The fourth-order valence-electron chi connectivity index (χ4n) is 1.58. The van der Waals surface area contributed by atoms with Gasteiger partial charge in [-0.1, -0.05) is 6.08 Å². The van der Waals surface area contributed by atoms with Crippen LogP contribution in [-0.4, -0.2) is 25.2 Å². The minimum absolute atomic E-state index is 0.116. The third-order valence-electron chi connectivity index (χ3n) is 2.53. The first-order valence-corrected chi connectivity index (χ1v) is 5.13. The van der Waals surface area contributed by atoms with E-state index in [1.165, 1.54) is 7.11 Å². The molecule has 0 amide bonds. The van der Waals surface area contributed by atoms with Crippen LogP contribution >= 0.6 is 0 Å². The smallest absolute Gasteiger partial charge is 0.323 e. The van der Waals surface area contributed by atoms with Crippen LogP contribution in [0.2, 0.25) is 0 Å². The maximum atomic E-state index is 11.4. The molecular formula is C11H19NO2. The van der Waals surface area contributed by atoms with Crippen LogP contribution in [0.25, 0.3) is 0 Å². The number of carbonyl (C=O) groups excluding carboxylic acids is 1. The van der Waals surface area contributed by atoms with Crippen LogP contribution in [0.15, 0.2) is 12.7 Å². The van der Waals surface area contributed by atoms with Crippen molar-refractivity contribution < 1.29 is 9.53 Å². The summed E-state index contributed by atoms with van der Waals surface area (Å²) >= 11 is 0. The van der Waals surface area contributed by atoms with Gasteiger partial charge in [0.1, 0.15) is 6.04 Å². The third-order valence-corrected chi connectivity index (χ3v) is 2.53. The summed E-state index contributed by atoms with van der Waals surface area (Å²) < 4.78 is 4.77. The molecule has 1 N–H and O–H groups in total. The van der Waals surface area contributed by atoms with E-state index >= 15 is 0 Å². The van der Waals surface area contributed by atoms with Crippen LogP contribution in [0.1, 0.15) is 26.2 Å². The van der Waals surface area contributed by atoms with Gasteiger partial charge in [-0.2, -0.15) is 0 Å². The van der Waals surface area contributed by atoms with Crippen LogP contribution in [0.4, 0.5) is 0 Å². The first-order chi connectivity index (χ1) is 6.69. The highest BCUT2D eigenvalue weighted by atomic mass is 16.5. The zero-order valence-electron chi connectivity index (χ0n) is 8.95. The normalized spacial score (nSPS) is 19.9. The molecule has 0 heterocycles. The number of nitrogens with one attached hydrogen (secondary N) is 1. The average molecular weight is 197 g/mol. The van der Waals surface area contributed by atoms with E-state index in [0.29, 0.717) is 5.92 Å². The SMILES string of the molecule is C=CCC(C)NC(C(=O)OC)C1CC1. The average Bonchev–Trinajstić information content (AvgIpc) is 2.97. The number of hydrogen-bond acceptors (Lipinski definition) is 3. The zero-order chi connectivity index (χ0) is 10.6. The molecule has 0 spiro atoms. The lowest BCUT2D eigenvalue weighted by molar-refractivity contribution is -0.143. The molecule has 3 heteroatoms. The third kappa shape index (κ3) is 3.14. The molecule has 1 saturated carbocycles. The van der Waals surface area contributed by atoms with E-state index in [2.05, 4.69) is 18.8 Å². The Bertz CT molecular complexity index is 211. The number of methoxy groups -OCH3 is 1. The summed E-state index contributed by atoms with van der Waals surface area (Å²) in [5, 5.41) is 3.28. The maximum Gasteiger partial charge on any atom is 0.323 e. The fourth-order valence-corrected chi connectivity index (χ4v) is 1.58. The van der Waals surface area contributed by atoms with E-state index in [9.17, 15) is 4.79 Å². The number of rotatable bonds is 6. The lowest BCUT2D eigenvalue weighted by Gasteiger charge is -2.20. The van der Waals surface area contributed by atoms with E-state index in [1.807, 2.05) is 6.08 Å². The minimum Gasteiger partial charge on any atom is -0.468 e. The summed E-state index contributed by atoms with van der Waals surface area (Å²) in [7, 11) is 1.44. The molecule has 0 saturated heterocycles. The van der Waals surface area contributed by atoms with Gasteiger partial charge in [-0.3, -0.25) is 4.79 Å². The molecule has 3 nitrogen and oxygen atoms in total. The molecule has 14 heavy (non-hydrogen) atoms. The molecule has 1 fully saturated rings. The van der Waals surface area contributed by atoms with Crippen LogP contribution in [0, 0.1) is 5.92 Å². The minimum atomic E-state index is -0.136. The van der Waals surface area contributed by atoms with Crippen LogP contribution in [0.3, 0.4) is 0 Å². The molecule has 0 aliphatic heterocycles. The second-order valence-electron chi connectivity index (χ2n) is 3.93. The van der Waals surface area contributed by atoms with Crippen molar-refractivity contribution in [3.8, 4) is 0 Å². The van der Waals surface area contributed by atoms with Crippen LogP contribution in [0.5, 0.6) is 0 Å². The quantitative estimate of drug-likeness (QED) is 0.518. The Hall–Kier alpha value is -0.830. The van der Waals surface area contributed by atoms with Crippen molar-refractivity contribution in [3.63, 3.8) is 0 Å². The van der Waals surface area contributed by atoms with E-state index in [-0.39, 0.29) is 18.1 Å². The summed E-state index contributed by atoms with van der Waals surface area (Å²) in [5.74, 6) is 0.345. The van der Waals surface area contributed by atoms with Gasteiger partial charge in [0.15, 0.2) is 0 Å². The van der Waals surface area contributed by atoms with E-state index in [4.69, 9.17) is 4.74 Å². The Morgan fingerprint density at radius 2 is 2.36 bits per heavy atom. The Morgan fingerprint density at radius 3 is 2.79 bits per heavy atom. The predicted molar refractivity (Wildman–Crippen MR) is 55.9 cm³/mol. The number of esters is 1. The van der Waals surface area contributed by atoms with Crippen molar-refractivity contribution in [2.45, 2.75) is 38.3 Å². The zero-order valence-corrected chi connectivity index (χ0v) is 8.95. The van der Waals surface area contributed by atoms with Gasteiger partial charge in [-0.15, -0.1) is 6.58 Å². The van der Waals surface area contributed by atoms with E-state index < -0.39 is 0 Å². The van der Waals surface area contributed by atoms with Crippen molar-refractivity contribution in [2.24, 2.45) is 5.92 Å². The molecule has 0 aromatic rings. The summed E-state index contributed by atoms with van der Waals surface area (Å²) in [6.45, 7) is 5.73. The molecule has 1 aliphatic carbocycles. The molecule has 2 atom stereocenters. The highest BCUT2D eigenvalue weighted by Gasteiger charge is 2.37. The van der Waals surface area contributed by atoms with Gasteiger partial charge in [0.2, 0.25) is 0 Å². The fraction of sp³-hybridized carbons (Fsp3) is 0.727. The number of hydrogen-bond donors (Lipinski definition) is 1. The Labute approximate surface area is 85.5 Å². The van der Waals surface area contributed by atoms with Gasteiger partial charge in [-0.25, -0.2) is 0 Å².